The summed E-state index contributed by atoms with van der Waals surface area (Å²) in [6.07, 6.45) is 0. The van der Waals surface area contributed by atoms with Crippen LogP contribution >= 0.6 is 0 Å². The summed E-state index contributed by atoms with van der Waals surface area (Å²) in [4.78, 5) is 38.2. The van der Waals surface area contributed by atoms with Crippen molar-refractivity contribution in [3.63, 3.8) is 0 Å². The summed E-state index contributed by atoms with van der Waals surface area (Å²) >= 11 is 0. The van der Waals surface area contributed by atoms with Crippen molar-refractivity contribution in [1.82, 2.24) is 10.3 Å². The number of aromatic nitrogens is 1. The molecule has 0 atom stereocenters. The maximum Gasteiger partial charge on any atom is 0.330 e. The van der Waals surface area contributed by atoms with Crippen molar-refractivity contribution in [3.05, 3.63) is 46.4 Å². The molecule has 0 fully saturated rings. The number of carbonyl (C=O) groups is 2. The quantitative estimate of drug-likeness (QED) is 0.831. The van der Waals surface area contributed by atoms with Crippen LogP contribution in [0.15, 0.2) is 35.1 Å². The number of fused-ring (bicyclic) bond motifs is 1. The molecular formula is C15H16N2O4. The van der Waals surface area contributed by atoms with Gasteiger partial charge in [0, 0.05) is 5.39 Å². The van der Waals surface area contributed by atoms with Crippen LogP contribution in [-0.2, 0) is 9.53 Å². The lowest BCUT2D eigenvalue weighted by Gasteiger charge is -2.22. The van der Waals surface area contributed by atoms with Crippen LogP contribution in [-0.4, -0.2) is 29.5 Å². The topological polar surface area (TPSA) is 88.3 Å². The smallest absolute Gasteiger partial charge is 0.330 e. The highest BCUT2D eigenvalue weighted by atomic mass is 16.5. The highest BCUT2D eigenvalue weighted by Gasteiger charge is 2.31. The molecule has 2 N–H and O–H groups in total. The van der Waals surface area contributed by atoms with Crippen molar-refractivity contribution >= 4 is 22.6 Å². The molecule has 0 bridgehead atoms. The second-order valence-electron chi connectivity index (χ2n) is 5.17. The van der Waals surface area contributed by atoms with E-state index in [-0.39, 0.29) is 11.3 Å². The summed E-state index contributed by atoms with van der Waals surface area (Å²) in [7, 11) is 1.24. The summed E-state index contributed by atoms with van der Waals surface area (Å²) in [6.45, 7) is 3.05. The molecule has 6 heteroatoms. The fourth-order valence-electron chi connectivity index (χ4n) is 1.99. The first kappa shape index (κ1) is 14.8. The summed E-state index contributed by atoms with van der Waals surface area (Å²) in [5.74, 6) is -1.12. The lowest BCUT2D eigenvalue weighted by atomic mass is 10.1. The van der Waals surface area contributed by atoms with E-state index in [1.807, 2.05) is 0 Å². The van der Waals surface area contributed by atoms with E-state index >= 15 is 0 Å². The Balaban J connectivity index is 2.36. The van der Waals surface area contributed by atoms with Crippen LogP contribution in [0.4, 0.5) is 0 Å². The number of benzene rings is 1. The van der Waals surface area contributed by atoms with Gasteiger partial charge >= 0.3 is 5.97 Å². The van der Waals surface area contributed by atoms with Gasteiger partial charge in [-0.2, -0.15) is 0 Å². The van der Waals surface area contributed by atoms with Gasteiger partial charge in [-0.3, -0.25) is 9.59 Å². The standard InChI is InChI=1S/C15H16N2O4/c1-15(2,14(20)21-3)17-13(19)11-8-9-6-4-5-7-10(9)12(18)16-11/h4-8H,1-3H3,(H,16,18)(H,17,19). The Kier molecular flexibility index (Phi) is 3.80. The number of nitrogens with one attached hydrogen (secondary N) is 2. The van der Waals surface area contributed by atoms with Crippen LogP contribution in [0.2, 0.25) is 0 Å². The zero-order chi connectivity index (χ0) is 15.6. The second-order valence-corrected chi connectivity index (χ2v) is 5.17. The monoisotopic (exact) mass is 288 g/mol. The van der Waals surface area contributed by atoms with Gasteiger partial charge in [0.1, 0.15) is 11.2 Å². The lowest BCUT2D eigenvalue weighted by Crippen LogP contribution is -2.50. The molecular weight excluding hydrogens is 272 g/mol. The third kappa shape index (κ3) is 2.94. The van der Waals surface area contributed by atoms with Gasteiger partial charge < -0.3 is 15.0 Å². The van der Waals surface area contributed by atoms with E-state index in [4.69, 9.17) is 0 Å². The number of ether oxygens (including phenoxy) is 1. The molecule has 2 aromatic rings. The number of pyridine rings is 1. The van der Waals surface area contributed by atoms with Crippen molar-refractivity contribution < 1.29 is 14.3 Å². The Bertz CT molecular complexity index is 762. The molecule has 1 aromatic heterocycles. The van der Waals surface area contributed by atoms with Gasteiger partial charge in [0.15, 0.2) is 0 Å². The maximum atomic E-state index is 12.2. The largest absolute Gasteiger partial charge is 0.467 e. The predicted octanol–water partition coefficient (Wildman–Crippen LogP) is 1.21. The average Bonchev–Trinajstić information content (AvgIpc) is 2.45. The molecule has 0 radical (unpaired) electrons. The molecule has 2 rings (SSSR count). The van der Waals surface area contributed by atoms with Crippen LogP contribution in [0.1, 0.15) is 24.3 Å². The first-order valence-electron chi connectivity index (χ1n) is 6.38. The van der Waals surface area contributed by atoms with E-state index in [1.54, 1.807) is 30.3 Å². The van der Waals surface area contributed by atoms with Crippen molar-refractivity contribution in [2.24, 2.45) is 0 Å². The van der Waals surface area contributed by atoms with Crippen molar-refractivity contribution in [2.75, 3.05) is 7.11 Å². The van der Waals surface area contributed by atoms with E-state index in [9.17, 15) is 14.4 Å². The van der Waals surface area contributed by atoms with Gasteiger partial charge in [0.2, 0.25) is 0 Å². The minimum absolute atomic E-state index is 0.0932. The zero-order valence-corrected chi connectivity index (χ0v) is 12.0. The van der Waals surface area contributed by atoms with E-state index in [2.05, 4.69) is 15.0 Å². The number of aromatic amines is 1. The molecule has 0 aliphatic carbocycles. The van der Waals surface area contributed by atoms with Gasteiger partial charge in [-0.25, -0.2) is 4.79 Å². The molecule has 1 heterocycles. The summed E-state index contributed by atoms with van der Waals surface area (Å²) in [5.41, 5.74) is -1.45. The average molecular weight is 288 g/mol. The second kappa shape index (κ2) is 5.40. The highest BCUT2D eigenvalue weighted by molar-refractivity contribution is 5.99. The Labute approximate surface area is 121 Å². The first-order chi connectivity index (χ1) is 9.85. The van der Waals surface area contributed by atoms with Crippen molar-refractivity contribution in [2.45, 2.75) is 19.4 Å². The summed E-state index contributed by atoms with van der Waals surface area (Å²) in [5, 5.41) is 3.69. The number of amides is 1. The van der Waals surface area contributed by atoms with Crippen molar-refractivity contribution in [3.8, 4) is 0 Å². The zero-order valence-electron chi connectivity index (χ0n) is 12.0. The third-order valence-electron chi connectivity index (χ3n) is 3.12. The molecule has 1 aromatic carbocycles. The van der Waals surface area contributed by atoms with Crippen LogP contribution in [0.3, 0.4) is 0 Å². The van der Waals surface area contributed by atoms with Gasteiger partial charge in [0.25, 0.3) is 11.5 Å². The molecule has 1 amide bonds. The summed E-state index contributed by atoms with van der Waals surface area (Å²) in [6, 6.07) is 8.51. The lowest BCUT2D eigenvalue weighted by molar-refractivity contribution is -0.146. The minimum Gasteiger partial charge on any atom is -0.467 e. The fraction of sp³-hybridized carbons (Fsp3) is 0.267. The Hall–Kier alpha value is -2.63. The molecule has 0 unspecified atom stereocenters. The molecule has 0 spiro atoms. The van der Waals surface area contributed by atoms with Crippen molar-refractivity contribution in [1.29, 1.82) is 0 Å². The highest BCUT2D eigenvalue weighted by Crippen LogP contribution is 2.11. The minimum atomic E-state index is -1.19. The van der Waals surface area contributed by atoms with E-state index < -0.39 is 17.4 Å². The molecule has 0 aliphatic heterocycles. The van der Waals surface area contributed by atoms with Crippen LogP contribution in [0.5, 0.6) is 0 Å². The maximum absolute atomic E-state index is 12.2. The number of hydrogen-bond donors (Lipinski definition) is 2. The van der Waals surface area contributed by atoms with Gasteiger partial charge in [0.05, 0.1) is 7.11 Å². The Morgan fingerprint density at radius 2 is 1.90 bits per heavy atom. The Morgan fingerprint density at radius 3 is 2.57 bits per heavy atom. The van der Waals surface area contributed by atoms with E-state index in [0.717, 1.165) is 0 Å². The number of methoxy groups -OCH3 is 1. The normalized spacial score (nSPS) is 11.2. The molecule has 0 saturated carbocycles. The van der Waals surface area contributed by atoms with E-state index in [0.29, 0.717) is 10.8 Å². The van der Waals surface area contributed by atoms with Gasteiger partial charge in [-0.1, -0.05) is 18.2 Å². The number of H-pyrrole nitrogens is 1. The number of rotatable bonds is 3. The molecule has 0 aliphatic rings. The van der Waals surface area contributed by atoms with E-state index in [1.165, 1.54) is 21.0 Å². The fourth-order valence-corrected chi connectivity index (χ4v) is 1.99. The van der Waals surface area contributed by atoms with Crippen LogP contribution in [0.25, 0.3) is 10.8 Å². The van der Waals surface area contributed by atoms with Gasteiger partial charge in [-0.05, 0) is 31.4 Å². The molecule has 21 heavy (non-hydrogen) atoms. The van der Waals surface area contributed by atoms with Crippen LogP contribution in [0, 0.1) is 0 Å². The molecule has 6 nitrogen and oxygen atoms in total. The molecule has 110 valence electrons. The first-order valence-corrected chi connectivity index (χ1v) is 6.38. The van der Waals surface area contributed by atoms with Crippen LogP contribution < -0.4 is 10.9 Å². The number of carbonyl (C=O) groups excluding carboxylic acids is 2. The number of hydrogen-bond acceptors (Lipinski definition) is 4. The number of esters is 1. The van der Waals surface area contributed by atoms with Gasteiger partial charge in [-0.15, -0.1) is 0 Å². The summed E-state index contributed by atoms with van der Waals surface area (Å²) < 4.78 is 4.62. The third-order valence-corrected chi connectivity index (χ3v) is 3.12. The SMILES string of the molecule is COC(=O)C(C)(C)NC(=O)c1cc2ccccc2c(=O)[nH]1. The Morgan fingerprint density at radius 1 is 1.24 bits per heavy atom. The molecule has 0 saturated heterocycles. The predicted molar refractivity (Wildman–Crippen MR) is 78.1 cm³/mol.